The van der Waals surface area contributed by atoms with Gasteiger partial charge in [0.1, 0.15) is 5.75 Å². The van der Waals surface area contributed by atoms with Crippen LogP contribution in [0, 0.1) is 0 Å². The average Bonchev–Trinajstić information content (AvgIpc) is 3.47. The third-order valence-corrected chi connectivity index (χ3v) is 5.60. The lowest BCUT2D eigenvalue weighted by atomic mass is 10.1. The first-order chi connectivity index (χ1) is 14.3. The van der Waals surface area contributed by atoms with Gasteiger partial charge < -0.3 is 24.8 Å². The lowest BCUT2D eigenvalue weighted by Crippen LogP contribution is -2.43. The molecule has 7 nitrogen and oxygen atoms in total. The number of hydrogen-bond acceptors (Lipinski definition) is 5. The highest BCUT2D eigenvalue weighted by atomic mass is 16.5. The van der Waals surface area contributed by atoms with E-state index in [1.165, 1.54) is 18.4 Å². The van der Waals surface area contributed by atoms with E-state index >= 15 is 0 Å². The van der Waals surface area contributed by atoms with E-state index in [1.54, 1.807) is 7.11 Å². The molecule has 2 aliphatic rings. The molecular weight excluding hydrogens is 368 g/mol. The first-order valence-corrected chi connectivity index (χ1v) is 10.8. The Balaban J connectivity index is 1.46. The molecule has 2 aliphatic heterocycles. The molecule has 7 heteroatoms. The van der Waals surface area contributed by atoms with Crippen molar-refractivity contribution in [2.24, 2.45) is 4.99 Å². The van der Waals surface area contributed by atoms with Gasteiger partial charge in [0.2, 0.25) is 0 Å². The van der Waals surface area contributed by atoms with Crippen LogP contribution in [0.2, 0.25) is 0 Å². The van der Waals surface area contributed by atoms with Crippen LogP contribution in [0.5, 0.6) is 5.75 Å². The minimum absolute atomic E-state index is 0.275. The zero-order valence-corrected chi connectivity index (χ0v) is 17.9. The standard InChI is InChI=1S/C22H36N4O3/c1-23-22(24-10-6-13-29-20-9-14-28-17-20)25-16-21(26-11-3-4-12-26)18-7-5-8-19(15-18)27-2/h5,7-8,15,20-21H,3-4,6,9-14,16-17H2,1-2H3,(H2,23,24,25). The van der Waals surface area contributed by atoms with E-state index in [-0.39, 0.29) is 6.10 Å². The molecular formula is C22H36N4O3. The molecule has 29 heavy (non-hydrogen) atoms. The number of hydrogen-bond donors (Lipinski definition) is 2. The van der Waals surface area contributed by atoms with E-state index in [1.807, 2.05) is 13.1 Å². The lowest BCUT2D eigenvalue weighted by molar-refractivity contribution is 0.0420. The zero-order valence-electron chi connectivity index (χ0n) is 17.9. The molecule has 0 bridgehead atoms. The molecule has 1 aromatic carbocycles. The van der Waals surface area contributed by atoms with E-state index in [2.05, 4.69) is 38.7 Å². The first kappa shape index (κ1) is 21.9. The van der Waals surface area contributed by atoms with Crippen LogP contribution in [0.1, 0.15) is 37.3 Å². The van der Waals surface area contributed by atoms with Crippen LogP contribution in [0.3, 0.4) is 0 Å². The number of ether oxygens (including phenoxy) is 3. The molecule has 2 atom stereocenters. The number of nitrogens with zero attached hydrogens (tertiary/aromatic N) is 2. The van der Waals surface area contributed by atoms with Crippen molar-refractivity contribution in [3.63, 3.8) is 0 Å². The summed E-state index contributed by atoms with van der Waals surface area (Å²) >= 11 is 0. The van der Waals surface area contributed by atoms with Gasteiger partial charge in [0.05, 0.1) is 25.9 Å². The van der Waals surface area contributed by atoms with Gasteiger partial charge in [0, 0.05) is 33.4 Å². The molecule has 2 saturated heterocycles. The Kier molecular flexibility index (Phi) is 9.05. The Morgan fingerprint density at radius 2 is 2.17 bits per heavy atom. The number of likely N-dealkylation sites (tertiary alicyclic amines) is 1. The first-order valence-electron chi connectivity index (χ1n) is 10.8. The predicted molar refractivity (Wildman–Crippen MR) is 116 cm³/mol. The third-order valence-electron chi connectivity index (χ3n) is 5.60. The maximum absolute atomic E-state index is 5.82. The van der Waals surface area contributed by atoms with Crippen LogP contribution in [0.15, 0.2) is 29.3 Å². The van der Waals surface area contributed by atoms with Crippen LogP contribution < -0.4 is 15.4 Å². The van der Waals surface area contributed by atoms with Crippen molar-refractivity contribution in [1.29, 1.82) is 0 Å². The fourth-order valence-electron chi connectivity index (χ4n) is 3.95. The van der Waals surface area contributed by atoms with Crippen molar-refractivity contribution in [3.8, 4) is 5.75 Å². The molecule has 2 fully saturated rings. The number of methoxy groups -OCH3 is 1. The topological polar surface area (TPSA) is 67.4 Å². The van der Waals surface area contributed by atoms with E-state index in [0.717, 1.165) is 70.6 Å². The minimum atomic E-state index is 0.275. The van der Waals surface area contributed by atoms with Crippen molar-refractivity contribution in [3.05, 3.63) is 29.8 Å². The number of aliphatic imine (C=N–C) groups is 1. The van der Waals surface area contributed by atoms with Gasteiger partial charge in [-0.1, -0.05) is 12.1 Å². The van der Waals surface area contributed by atoms with Gasteiger partial charge >= 0.3 is 0 Å². The molecule has 3 rings (SSSR count). The van der Waals surface area contributed by atoms with Gasteiger partial charge in [-0.3, -0.25) is 9.89 Å². The largest absolute Gasteiger partial charge is 0.497 e. The Morgan fingerprint density at radius 3 is 2.90 bits per heavy atom. The second kappa shape index (κ2) is 12.0. The fraction of sp³-hybridized carbons (Fsp3) is 0.682. The van der Waals surface area contributed by atoms with E-state index in [0.29, 0.717) is 6.04 Å². The Morgan fingerprint density at radius 1 is 1.31 bits per heavy atom. The summed E-state index contributed by atoms with van der Waals surface area (Å²) in [5.41, 5.74) is 1.28. The summed E-state index contributed by atoms with van der Waals surface area (Å²) < 4.78 is 16.6. The smallest absolute Gasteiger partial charge is 0.191 e. The van der Waals surface area contributed by atoms with Crippen molar-refractivity contribution in [1.82, 2.24) is 15.5 Å². The van der Waals surface area contributed by atoms with Gasteiger partial charge in [-0.15, -0.1) is 0 Å². The molecule has 1 aromatic rings. The number of guanidine groups is 1. The van der Waals surface area contributed by atoms with Crippen LogP contribution in [-0.4, -0.2) is 77.1 Å². The second-order valence-electron chi connectivity index (χ2n) is 7.63. The molecule has 0 spiro atoms. The highest BCUT2D eigenvalue weighted by Gasteiger charge is 2.24. The fourth-order valence-corrected chi connectivity index (χ4v) is 3.95. The summed E-state index contributed by atoms with van der Waals surface area (Å²) in [6.45, 7) is 6.22. The normalized spacial score (nSPS) is 21.3. The Bertz CT molecular complexity index is 628. The van der Waals surface area contributed by atoms with Gasteiger partial charge in [-0.25, -0.2) is 0 Å². The quantitative estimate of drug-likeness (QED) is 0.354. The second-order valence-corrected chi connectivity index (χ2v) is 7.63. The van der Waals surface area contributed by atoms with Crippen molar-refractivity contribution >= 4 is 5.96 Å². The van der Waals surface area contributed by atoms with Gasteiger partial charge in [0.15, 0.2) is 5.96 Å². The zero-order chi connectivity index (χ0) is 20.3. The summed E-state index contributed by atoms with van der Waals surface area (Å²) in [6.07, 6.45) is 4.76. The van der Waals surface area contributed by atoms with Gasteiger partial charge in [-0.2, -0.15) is 0 Å². The SMILES string of the molecule is CN=C(NCCCOC1CCOC1)NCC(c1cccc(OC)c1)N1CCCC1. The summed E-state index contributed by atoms with van der Waals surface area (Å²) in [5, 5.41) is 6.91. The van der Waals surface area contributed by atoms with Crippen LogP contribution in [0.25, 0.3) is 0 Å². The molecule has 2 heterocycles. The van der Waals surface area contributed by atoms with Crippen molar-refractivity contribution in [2.75, 3.05) is 60.2 Å². The number of nitrogens with one attached hydrogen (secondary N) is 2. The highest BCUT2D eigenvalue weighted by molar-refractivity contribution is 5.79. The predicted octanol–water partition coefficient (Wildman–Crippen LogP) is 2.19. The summed E-state index contributed by atoms with van der Waals surface area (Å²) in [5.74, 6) is 1.74. The lowest BCUT2D eigenvalue weighted by Gasteiger charge is -2.29. The summed E-state index contributed by atoms with van der Waals surface area (Å²) in [4.78, 5) is 6.93. The van der Waals surface area contributed by atoms with Crippen LogP contribution in [-0.2, 0) is 9.47 Å². The van der Waals surface area contributed by atoms with Crippen molar-refractivity contribution < 1.29 is 14.2 Å². The molecule has 162 valence electrons. The van der Waals surface area contributed by atoms with Crippen LogP contribution >= 0.6 is 0 Å². The molecule has 2 N–H and O–H groups in total. The maximum atomic E-state index is 5.82. The molecule has 0 saturated carbocycles. The molecule has 0 amide bonds. The molecule has 2 unspecified atom stereocenters. The minimum Gasteiger partial charge on any atom is -0.497 e. The van der Waals surface area contributed by atoms with Crippen LogP contribution in [0.4, 0.5) is 0 Å². The van der Waals surface area contributed by atoms with E-state index in [4.69, 9.17) is 14.2 Å². The number of benzene rings is 1. The average molecular weight is 405 g/mol. The Hall–Kier alpha value is -1.83. The highest BCUT2D eigenvalue weighted by Crippen LogP contribution is 2.27. The molecule has 0 aromatic heterocycles. The summed E-state index contributed by atoms with van der Waals surface area (Å²) in [6, 6.07) is 8.70. The maximum Gasteiger partial charge on any atom is 0.191 e. The Labute approximate surface area is 174 Å². The third kappa shape index (κ3) is 6.87. The van der Waals surface area contributed by atoms with E-state index in [9.17, 15) is 0 Å². The van der Waals surface area contributed by atoms with E-state index < -0.39 is 0 Å². The van der Waals surface area contributed by atoms with Gasteiger partial charge in [-0.05, 0) is 56.5 Å². The van der Waals surface area contributed by atoms with Crippen molar-refractivity contribution in [2.45, 2.75) is 37.8 Å². The molecule has 0 aliphatic carbocycles. The monoisotopic (exact) mass is 404 g/mol. The molecule has 0 radical (unpaired) electrons. The van der Waals surface area contributed by atoms with Gasteiger partial charge in [0.25, 0.3) is 0 Å². The number of rotatable bonds is 10. The summed E-state index contributed by atoms with van der Waals surface area (Å²) in [7, 11) is 3.54.